The number of nitrogens with one attached hydrogen (secondary N) is 1. The van der Waals surface area contributed by atoms with Crippen molar-refractivity contribution in [3.8, 4) is 0 Å². The van der Waals surface area contributed by atoms with Crippen LogP contribution in [0.25, 0.3) is 0 Å². The summed E-state index contributed by atoms with van der Waals surface area (Å²) in [7, 11) is 0. The van der Waals surface area contributed by atoms with Crippen LogP contribution in [0.1, 0.15) is 17.3 Å². The zero-order valence-corrected chi connectivity index (χ0v) is 15.0. The van der Waals surface area contributed by atoms with Crippen molar-refractivity contribution in [2.45, 2.75) is 6.92 Å². The maximum atomic E-state index is 13.2. The first kappa shape index (κ1) is 18.1. The van der Waals surface area contributed by atoms with Gasteiger partial charge in [-0.1, -0.05) is 11.6 Å². The molecule has 0 radical (unpaired) electrons. The van der Waals surface area contributed by atoms with Crippen LogP contribution in [0, 0.1) is 5.82 Å². The molecule has 0 aliphatic carbocycles. The minimum atomic E-state index is -0.543. The molecule has 1 aliphatic heterocycles. The molecule has 1 aromatic carbocycles. The van der Waals surface area contributed by atoms with Crippen molar-refractivity contribution in [1.29, 1.82) is 0 Å². The Labute approximate surface area is 155 Å². The van der Waals surface area contributed by atoms with Crippen LogP contribution in [0.3, 0.4) is 0 Å². The number of aromatic nitrogens is 1. The van der Waals surface area contributed by atoms with E-state index in [0.717, 1.165) is 5.69 Å². The van der Waals surface area contributed by atoms with E-state index in [9.17, 15) is 14.0 Å². The number of nitrogens with zero attached hydrogens (tertiary/aromatic N) is 3. The SMILES string of the molecule is CC(=O)N1CCN(c2cncc(C(=O)Nc3ccc(F)c(Cl)c3)c2)CC1. The lowest BCUT2D eigenvalue weighted by Crippen LogP contribution is -2.48. The predicted octanol–water partition coefficient (Wildman–Crippen LogP) is 2.79. The molecule has 3 rings (SSSR count). The van der Waals surface area contributed by atoms with Crippen LogP contribution in [0.5, 0.6) is 0 Å². The van der Waals surface area contributed by atoms with E-state index in [1.807, 2.05) is 0 Å². The Hall–Kier alpha value is -2.67. The molecule has 6 nitrogen and oxygen atoms in total. The van der Waals surface area contributed by atoms with Gasteiger partial charge in [-0.25, -0.2) is 4.39 Å². The molecule has 1 N–H and O–H groups in total. The average molecular weight is 377 g/mol. The van der Waals surface area contributed by atoms with Crippen molar-refractivity contribution in [1.82, 2.24) is 9.88 Å². The van der Waals surface area contributed by atoms with Crippen molar-refractivity contribution >= 4 is 34.8 Å². The predicted molar refractivity (Wildman–Crippen MR) is 98.1 cm³/mol. The average Bonchev–Trinajstić information content (AvgIpc) is 2.65. The van der Waals surface area contributed by atoms with Crippen LogP contribution in [0.4, 0.5) is 15.8 Å². The minimum absolute atomic E-state index is 0.0574. The third-order valence-electron chi connectivity index (χ3n) is 4.25. The number of carbonyl (C=O) groups excluding carboxylic acids is 2. The molecule has 136 valence electrons. The lowest BCUT2D eigenvalue weighted by atomic mass is 10.2. The van der Waals surface area contributed by atoms with Crippen LogP contribution in [0.2, 0.25) is 5.02 Å². The lowest BCUT2D eigenvalue weighted by molar-refractivity contribution is -0.129. The van der Waals surface area contributed by atoms with Gasteiger partial charge in [-0.15, -0.1) is 0 Å². The van der Waals surface area contributed by atoms with Gasteiger partial charge in [0.1, 0.15) is 5.82 Å². The number of anilines is 2. The molecular weight excluding hydrogens is 359 g/mol. The molecule has 2 heterocycles. The third-order valence-corrected chi connectivity index (χ3v) is 4.54. The Morgan fingerprint density at radius 3 is 2.54 bits per heavy atom. The Kier molecular flexibility index (Phi) is 5.37. The Balaban J connectivity index is 1.69. The van der Waals surface area contributed by atoms with E-state index < -0.39 is 5.82 Å². The molecule has 0 atom stereocenters. The molecule has 0 unspecified atom stereocenters. The highest BCUT2D eigenvalue weighted by molar-refractivity contribution is 6.31. The van der Waals surface area contributed by atoms with Gasteiger partial charge in [-0.05, 0) is 24.3 Å². The maximum absolute atomic E-state index is 13.2. The number of pyridine rings is 1. The Morgan fingerprint density at radius 1 is 1.15 bits per heavy atom. The number of amides is 2. The number of hydrogen-bond acceptors (Lipinski definition) is 4. The van der Waals surface area contributed by atoms with Crippen molar-refractivity contribution in [3.05, 3.63) is 53.1 Å². The van der Waals surface area contributed by atoms with Gasteiger partial charge in [0.05, 0.1) is 22.5 Å². The monoisotopic (exact) mass is 376 g/mol. The highest BCUT2D eigenvalue weighted by atomic mass is 35.5. The first-order valence-corrected chi connectivity index (χ1v) is 8.54. The van der Waals surface area contributed by atoms with Gasteiger partial charge >= 0.3 is 0 Å². The zero-order valence-electron chi connectivity index (χ0n) is 14.2. The number of hydrogen-bond donors (Lipinski definition) is 1. The number of benzene rings is 1. The summed E-state index contributed by atoms with van der Waals surface area (Å²) >= 11 is 5.73. The molecule has 0 bridgehead atoms. The molecule has 2 aromatic rings. The third kappa shape index (κ3) is 4.11. The molecule has 1 saturated heterocycles. The van der Waals surface area contributed by atoms with Crippen LogP contribution >= 0.6 is 11.6 Å². The molecular formula is C18H18ClFN4O2. The summed E-state index contributed by atoms with van der Waals surface area (Å²) in [6.45, 7) is 4.20. The van der Waals surface area contributed by atoms with Crippen LogP contribution in [0.15, 0.2) is 36.7 Å². The van der Waals surface area contributed by atoms with Gasteiger partial charge in [0.15, 0.2) is 0 Å². The van der Waals surface area contributed by atoms with E-state index >= 15 is 0 Å². The molecule has 8 heteroatoms. The fraction of sp³-hybridized carbons (Fsp3) is 0.278. The van der Waals surface area contributed by atoms with E-state index in [4.69, 9.17) is 11.6 Å². The Bertz CT molecular complexity index is 838. The highest BCUT2D eigenvalue weighted by Crippen LogP contribution is 2.21. The maximum Gasteiger partial charge on any atom is 0.257 e. The molecule has 26 heavy (non-hydrogen) atoms. The molecule has 1 aromatic heterocycles. The van der Waals surface area contributed by atoms with Crippen LogP contribution in [-0.4, -0.2) is 47.9 Å². The van der Waals surface area contributed by atoms with Crippen molar-refractivity contribution < 1.29 is 14.0 Å². The quantitative estimate of drug-likeness (QED) is 0.894. The fourth-order valence-electron chi connectivity index (χ4n) is 2.78. The standard InChI is InChI=1S/C18H18ClFN4O2/c1-12(25)23-4-6-24(7-5-23)15-8-13(10-21-11-15)18(26)22-14-2-3-17(20)16(19)9-14/h2-3,8-11H,4-7H2,1H3,(H,22,26). The minimum Gasteiger partial charge on any atom is -0.367 e. The number of rotatable bonds is 3. The van der Waals surface area contributed by atoms with E-state index in [0.29, 0.717) is 37.4 Å². The van der Waals surface area contributed by atoms with Gasteiger partial charge in [-0.3, -0.25) is 14.6 Å². The molecule has 1 fully saturated rings. The summed E-state index contributed by atoms with van der Waals surface area (Å²) in [5.41, 5.74) is 1.61. The zero-order chi connectivity index (χ0) is 18.7. The van der Waals surface area contributed by atoms with Gasteiger partial charge < -0.3 is 15.1 Å². The second-order valence-electron chi connectivity index (χ2n) is 6.01. The number of halogens is 2. The summed E-state index contributed by atoms with van der Waals surface area (Å²) < 4.78 is 13.2. The summed E-state index contributed by atoms with van der Waals surface area (Å²) in [5, 5.41) is 2.62. The number of piperazine rings is 1. The Morgan fingerprint density at radius 2 is 1.88 bits per heavy atom. The van der Waals surface area contributed by atoms with Crippen LogP contribution < -0.4 is 10.2 Å². The summed E-state index contributed by atoms with van der Waals surface area (Å²) in [4.78, 5) is 31.9. The van der Waals surface area contributed by atoms with E-state index in [2.05, 4.69) is 15.2 Å². The van der Waals surface area contributed by atoms with E-state index in [-0.39, 0.29) is 16.8 Å². The second kappa shape index (κ2) is 7.70. The van der Waals surface area contributed by atoms with Gasteiger partial charge in [0.2, 0.25) is 5.91 Å². The topological polar surface area (TPSA) is 65.5 Å². The molecule has 2 amide bonds. The largest absolute Gasteiger partial charge is 0.367 e. The van der Waals surface area contributed by atoms with E-state index in [1.54, 1.807) is 24.1 Å². The molecule has 1 aliphatic rings. The first-order valence-electron chi connectivity index (χ1n) is 8.16. The van der Waals surface area contributed by atoms with Crippen molar-refractivity contribution in [3.63, 3.8) is 0 Å². The van der Waals surface area contributed by atoms with E-state index in [1.165, 1.54) is 24.4 Å². The first-order chi connectivity index (χ1) is 12.4. The summed E-state index contributed by atoms with van der Waals surface area (Å²) in [6, 6.07) is 5.74. The molecule has 0 saturated carbocycles. The van der Waals surface area contributed by atoms with Gasteiger partial charge in [-0.2, -0.15) is 0 Å². The highest BCUT2D eigenvalue weighted by Gasteiger charge is 2.20. The summed E-state index contributed by atoms with van der Waals surface area (Å²) in [5.74, 6) is -0.837. The van der Waals surface area contributed by atoms with Gasteiger partial charge in [0, 0.05) is 45.0 Å². The normalized spacial score (nSPS) is 14.3. The van der Waals surface area contributed by atoms with Crippen molar-refractivity contribution in [2.75, 3.05) is 36.4 Å². The second-order valence-corrected chi connectivity index (χ2v) is 6.42. The fourth-order valence-corrected chi connectivity index (χ4v) is 2.96. The van der Waals surface area contributed by atoms with Crippen LogP contribution in [-0.2, 0) is 4.79 Å². The van der Waals surface area contributed by atoms with Gasteiger partial charge in [0.25, 0.3) is 5.91 Å². The van der Waals surface area contributed by atoms with Crippen molar-refractivity contribution in [2.24, 2.45) is 0 Å². The smallest absolute Gasteiger partial charge is 0.257 e. The lowest BCUT2D eigenvalue weighted by Gasteiger charge is -2.35. The number of carbonyl (C=O) groups is 2. The molecule has 0 spiro atoms. The summed E-state index contributed by atoms with van der Waals surface area (Å²) in [6.07, 6.45) is 3.16.